The van der Waals surface area contributed by atoms with Crippen molar-refractivity contribution in [3.05, 3.63) is 30.1 Å². The average molecular weight is 417 g/mol. The Kier molecular flexibility index (Phi) is 6.53. The summed E-state index contributed by atoms with van der Waals surface area (Å²) in [5.41, 5.74) is 0.473. The van der Waals surface area contributed by atoms with E-state index in [1.807, 2.05) is 13.0 Å². The minimum absolute atomic E-state index is 0.0486. The third-order valence-electron chi connectivity index (χ3n) is 6.07. The molecule has 2 fully saturated rings. The molecule has 4 rings (SSSR count). The molecule has 0 bridgehead atoms. The number of benzene rings is 1. The highest BCUT2D eigenvalue weighted by Crippen LogP contribution is 2.37. The second-order valence-electron chi connectivity index (χ2n) is 8.20. The third kappa shape index (κ3) is 4.65. The Bertz CT molecular complexity index is 843. The molecule has 2 saturated carbocycles. The van der Waals surface area contributed by atoms with Gasteiger partial charge in [-0.15, -0.1) is 10.2 Å². The van der Waals surface area contributed by atoms with E-state index in [1.54, 1.807) is 12.1 Å². The van der Waals surface area contributed by atoms with Gasteiger partial charge in [0.15, 0.2) is 11.0 Å². The topological polar surface area (TPSA) is 59.8 Å². The van der Waals surface area contributed by atoms with Gasteiger partial charge in [0.1, 0.15) is 5.82 Å². The van der Waals surface area contributed by atoms with Crippen molar-refractivity contribution in [2.24, 2.45) is 0 Å². The van der Waals surface area contributed by atoms with Gasteiger partial charge >= 0.3 is 0 Å². The minimum Gasteiger partial charge on any atom is -0.352 e. The van der Waals surface area contributed by atoms with Gasteiger partial charge in [-0.25, -0.2) is 4.39 Å². The summed E-state index contributed by atoms with van der Waals surface area (Å²) in [6, 6.07) is 7.27. The summed E-state index contributed by atoms with van der Waals surface area (Å²) < 4.78 is 16.6. The summed E-state index contributed by atoms with van der Waals surface area (Å²) in [6.07, 6.45) is 10.1. The largest absolute Gasteiger partial charge is 0.352 e. The molecule has 5 nitrogen and oxygen atoms in total. The van der Waals surface area contributed by atoms with Crippen LogP contribution in [-0.2, 0) is 4.79 Å². The number of aromatic nitrogens is 3. The Morgan fingerprint density at radius 1 is 1.10 bits per heavy atom. The van der Waals surface area contributed by atoms with Crippen LogP contribution < -0.4 is 5.32 Å². The van der Waals surface area contributed by atoms with Crippen LogP contribution in [0, 0.1) is 5.82 Å². The fourth-order valence-corrected chi connectivity index (χ4v) is 5.38. The first kappa shape index (κ1) is 20.4. The maximum Gasteiger partial charge on any atom is 0.233 e. The van der Waals surface area contributed by atoms with Gasteiger partial charge in [0, 0.05) is 12.1 Å². The minimum atomic E-state index is -0.291. The van der Waals surface area contributed by atoms with Crippen LogP contribution >= 0.6 is 11.8 Å². The van der Waals surface area contributed by atoms with Crippen molar-refractivity contribution in [1.82, 2.24) is 20.1 Å². The quantitative estimate of drug-likeness (QED) is 0.663. The number of nitrogens with zero attached hydrogens (tertiary/aromatic N) is 3. The number of carbonyl (C=O) groups excluding carboxylic acids is 1. The van der Waals surface area contributed by atoms with E-state index in [2.05, 4.69) is 20.1 Å². The molecule has 1 aromatic heterocycles. The second-order valence-corrected chi connectivity index (χ2v) is 9.51. The number of nitrogens with one attached hydrogen (secondary N) is 1. The maximum atomic E-state index is 14.5. The summed E-state index contributed by atoms with van der Waals surface area (Å²) in [5.74, 6) is 0.328. The number of carbonyl (C=O) groups is 1. The van der Waals surface area contributed by atoms with Crippen LogP contribution in [0.4, 0.5) is 4.39 Å². The number of rotatable bonds is 6. The van der Waals surface area contributed by atoms with Gasteiger partial charge in [0.05, 0.1) is 10.8 Å². The maximum absolute atomic E-state index is 14.5. The lowest BCUT2D eigenvalue weighted by Crippen LogP contribution is -2.37. The van der Waals surface area contributed by atoms with Gasteiger partial charge < -0.3 is 5.32 Å². The molecule has 2 aliphatic carbocycles. The highest BCUT2D eigenvalue weighted by Gasteiger charge is 2.28. The fraction of sp³-hybridized carbons (Fsp3) is 0.591. The molecule has 1 atom stereocenters. The van der Waals surface area contributed by atoms with Gasteiger partial charge in [-0.05, 0) is 44.7 Å². The highest BCUT2D eigenvalue weighted by atomic mass is 32.2. The SMILES string of the molecule is CC(Sc1nnc(-c2ccccc2F)n1C1CCCCC1)C(=O)NC1CCCC1. The van der Waals surface area contributed by atoms with Crippen LogP contribution in [0.3, 0.4) is 0 Å². The van der Waals surface area contributed by atoms with E-state index in [4.69, 9.17) is 0 Å². The fourth-order valence-electron chi connectivity index (χ4n) is 4.45. The van der Waals surface area contributed by atoms with Gasteiger partial charge in [0.2, 0.25) is 5.91 Å². The summed E-state index contributed by atoms with van der Waals surface area (Å²) in [4.78, 5) is 12.7. The van der Waals surface area contributed by atoms with E-state index in [0.29, 0.717) is 22.6 Å². The zero-order chi connectivity index (χ0) is 20.2. The molecule has 2 aromatic rings. The van der Waals surface area contributed by atoms with E-state index >= 15 is 0 Å². The van der Waals surface area contributed by atoms with Crippen molar-refractivity contribution in [2.45, 2.75) is 87.2 Å². The Morgan fingerprint density at radius 2 is 1.79 bits per heavy atom. The molecule has 1 amide bonds. The standard InChI is InChI=1S/C22H29FN4OS/c1-15(21(28)24-16-9-5-6-10-16)29-22-26-25-20(18-13-7-8-14-19(18)23)27(22)17-11-3-2-4-12-17/h7-8,13-17H,2-6,9-12H2,1H3,(H,24,28). The molecule has 1 aromatic carbocycles. The molecule has 0 radical (unpaired) electrons. The first-order valence-electron chi connectivity index (χ1n) is 10.8. The van der Waals surface area contributed by atoms with Crippen molar-refractivity contribution in [3.63, 3.8) is 0 Å². The molecule has 1 N–H and O–H groups in total. The first-order chi connectivity index (χ1) is 14.1. The first-order valence-corrected chi connectivity index (χ1v) is 11.7. The zero-order valence-electron chi connectivity index (χ0n) is 16.9. The lowest BCUT2D eigenvalue weighted by Gasteiger charge is -2.26. The van der Waals surface area contributed by atoms with Crippen LogP contribution in [0.5, 0.6) is 0 Å². The predicted molar refractivity (Wildman–Crippen MR) is 113 cm³/mol. The predicted octanol–water partition coefficient (Wildman–Crippen LogP) is 5.13. The lowest BCUT2D eigenvalue weighted by atomic mass is 9.95. The third-order valence-corrected chi connectivity index (χ3v) is 7.13. The summed E-state index contributed by atoms with van der Waals surface area (Å²) >= 11 is 1.43. The van der Waals surface area contributed by atoms with E-state index in [9.17, 15) is 9.18 Å². The van der Waals surface area contributed by atoms with Crippen LogP contribution in [0.15, 0.2) is 29.4 Å². The number of amides is 1. The summed E-state index contributed by atoms with van der Waals surface area (Å²) in [5, 5.41) is 12.4. The van der Waals surface area contributed by atoms with Gasteiger partial charge in [-0.1, -0.05) is 56.0 Å². The molecule has 0 aliphatic heterocycles. The molecule has 1 unspecified atom stereocenters. The molecule has 1 heterocycles. The van der Waals surface area contributed by atoms with Crippen molar-refractivity contribution in [2.75, 3.05) is 0 Å². The van der Waals surface area contributed by atoms with E-state index in [0.717, 1.165) is 38.5 Å². The summed E-state index contributed by atoms with van der Waals surface area (Å²) in [6.45, 7) is 1.91. The van der Waals surface area contributed by atoms with Crippen molar-refractivity contribution >= 4 is 17.7 Å². The number of halogens is 1. The van der Waals surface area contributed by atoms with Crippen LogP contribution in [0.2, 0.25) is 0 Å². The Hall–Kier alpha value is -1.89. The van der Waals surface area contributed by atoms with Crippen molar-refractivity contribution in [3.8, 4) is 11.4 Å². The second kappa shape index (κ2) is 9.28. The zero-order valence-corrected chi connectivity index (χ0v) is 17.8. The molecule has 7 heteroatoms. The average Bonchev–Trinajstić information content (AvgIpc) is 3.39. The molecule has 0 saturated heterocycles. The summed E-state index contributed by atoms with van der Waals surface area (Å²) in [7, 11) is 0. The molecular weight excluding hydrogens is 387 g/mol. The monoisotopic (exact) mass is 416 g/mol. The lowest BCUT2D eigenvalue weighted by molar-refractivity contribution is -0.120. The smallest absolute Gasteiger partial charge is 0.233 e. The number of hydrogen-bond donors (Lipinski definition) is 1. The van der Waals surface area contributed by atoms with Gasteiger partial charge in [-0.2, -0.15) is 0 Å². The highest BCUT2D eigenvalue weighted by molar-refractivity contribution is 8.00. The van der Waals surface area contributed by atoms with E-state index in [1.165, 1.54) is 37.1 Å². The van der Waals surface area contributed by atoms with Gasteiger partial charge in [0.25, 0.3) is 0 Å². The molecule has 2 aliphatic rings. The number of thioether (sulfide) groups is 1. The van der Waals surface area contributed by atoms with E-state index < -0.39 is 0 Å². The molecule has 156 valence electrons. The Morgan fingerprint density at radius 3 is 2.52 bits per heavy atom. The normalized spacial score (nSPS) is 19.4. The van der Waals surface area contributed by atoms with Gasteiger partial charge in [-0.3, -0.25) is 9.36 Å². The van der Waals surface area contributed by atoms with Crippen LogP contribution in [-0.4, -0.2) is 32.0 Å². The van der Waals surface area contributed by atoms with E-state index in [-0.39, 0.29) is 23.0 Å². The van der Waals surface area contributed by atoms with Crippen molar-refractivity contribution in [1.29, 1.82) is 0 Å². The van der Waals surface area contributed by atoms with Crippen molar-refractivity contribution < 1.29 is 9.18 Å². The van der Waals surface area contributed by atoms with Crippen LogP contribution in [0.1, 0.15) is 70.8 Å². The van der Waals surface area contributed by atoms with Crippen LogP contribution in [0.25, 0.3) is 11.4 Å². The number of hydrogen-bond acceptors (Lipinski definition) is 4. The Labute approximate surface area is 175 Å². The molecule has 0 spiro atoms. The molecular formula is C22H29FN4OS. The molecule has 29 heavy (non-hydrogen) atoms. The Balaban J connectivity index is 1.59.